The van der Waals surface area contributed by atoms with Crippen molar-refractivity contribution in [3.05, 3.63) is 84.1 Å². The van der Waals surface area contributed by atoms with Crippen molar-refractivity contribution in [3.8, 4) is 16.9 Å². The standard InChI is InChI=1S/C25H23N3O2/c1-30-21-10-8-17(9-11-21)18-6-7-20-16-28(13-12-19(20)14-18)25(29)27-24-15-26-23-5-3-2-4-22(23)24/h2-11,14-15,26H,12-13,16H2,1H3,(H,27,29). The number of aromatic nitrogens is 1. The number of benzene rings is 3. The molecule has 0 saturated heterocycles. The molecule has 0 saturated carbocycles. The molecule has 0 atom stereocenters. The first-order chi connectivity index (χ1) is 14.7. The highest BCUT2D eigenvalue weighted by Crippen LogP contribution is 2.28. The fourth-order valence-corrected chi connectivity index (χ4v) is 4.06. The third kappa shape index (κ3) is 3.39. The quantitative estimate of drug-likeness (QED) is 0.484. The van der Waals surface area contributed by atoms with Crippen molar-refractivity contribution in [2.24, 2.45) is 0 Å². The number of nitrogens with zero attached hydrogens (tertiary/aromatic N) is 1. The summed E-state index contributed by atoms with van der Waals surface area (Å²) in [5.41, 5.74) is 6.69. The first-order valence-corrected chi connectivity index (χ1v) is 10.1. The van der Waals surface area contributed by atoms with Crippen LogP contribution in [0.4, 0.5) is 10.5 Å². The number of hydrogen-bond acceptors (Lipinski definition) is 2. The van der Waals surface area contributed by atoms with E-state index in [1.54, 1.807) is 7.11 Å². The first-order valence-electron chi connectivity index (χ1n) is 10.1. The Bertz CT molecular complexity index is 1210. The molecule has 0 bridgehead atoms. The van der Waals surface area contributed by atoms with Crippen molar-refractivity contribution in [1.82, 2.24) is 9.88 Å². The molecule has 0 unspecified atom stereocenters. The van der Waals surface area contributed by atoms with Crippen LogP contribution >= 0.6 is 0 Å². The summed E-state index contributed by atoms with van der Waals surface area (Å²) in [7, 11) is 1.67. The van der Waals surface area contributed by atoms with Crippen LogP contribution in [0.1, 0.15) is 11.1 Å². The molecule has 0 spiro atoms. The van der Waals surface area contributed by atoms with Gasteiger partial charge in [-0.1, -0.05) is 48.5 Å². The third-order valence-corrected chi connectivity index (χ3v) is 5.76. The van der Waals surface area contributed by atoms with Crippen LogP contribution < -0.4 is 10.1 Å². The molecule has 5 rings (SSSR count). The van der Waals surface area contributed by atoms with Gasteiger partial charge in [0.05, 0.1) is 12.8 Å². The summed E-state index contributed by atoms with van der Waals surface area (Å²) in [5.74, 6) is 0.855. The SMILES string of the molecule is COc1ccc(-c2ccc3c(c2)CCN(C(=O)Nc2c[nH]c4ccccc24)C3)cc1. The molecule has 1 aliphatic heterocycles. The second-order valence-electron chi connectivity index (χ2n) is 7.56. The fraction of sp³-hybridized carbons (Fsp3) is 0.160. The van der Waals surface area contributed by atoms with E-state index in [1.807, 2.05) is 47.5 Å². The molecule has 1 aromatic heterocycles. The van der Waals surface area contributed by atoms with E-state index in [0.717, 1.165) is 34.3 Å². The van der Waals surface area contributed by atoms with Gasteiger partial charge < -0.3 is 19.9 Å². The second kappa shape index (κ2) is 7.59. The summed E-state index contributed by atoms with van der Waals surface area (Å²) >= 11 is 0. The summed E-state index contributed by atoms with van der Waals surface area (Å²) < 4.78 is 5.25. The Labute approximate surface area is 175 Å². The normalized spacial score (nSPS) is 13.2. The maximum Gasteiger partial charge on any atom is 0.322 e. The third-order valence-electron chi connectivity index (χ3n) is 5.76. The molecule has 4 aromatic rings. The minimum Gasteiger partial charge on any atom is -0.497 e. The zero-order valence-electron chi connectivity index (χ0n) is 16.8. The summed E-state index contributed by atoms with van der Waals surface area (Å²) in [6.45, 7) is 1.32. The molecule has 2 N–H and O–H groups in total. The summed E-state index contributed by atoms with van der Waals surface area (Å²) in [6.07, 6.45) is 2.70. The Morgan fingerprint density at radius 2 is 1.80 bits per heavy atom. The van der Waals surface area contributed by atoms with Gasteiger partial charge in [0, 0.05) is 30.2 Å². The molecule has 30 heavy (non-hydrogen) atoms. The van der Waals surface area contributed by atoms with E-state index in [0.29, 0.717) is 13.1 Å². The zero-order valence-corrected chi connectivity index (χ0v) is 16.8. The number of carbonyl (C=O) groups is 1. The number of methoxy groups -OCH3 is 1. The lowest BCUT2D eigenvalue weighted by atomic mass is 9.94. The van der Waals surface area contributed by atoms with Gasteiger partial charge in [0.2, 0.25) is 0 Å². The molecule has 150 valence electrons. The topological polar surface area (TPSA) is 57.4 Å². The summed E-state index contributed by atoms with van der Waals surface area (Å²) in [4.78, 5) is 17.9. The highest BCUT2D eigenvalue weighted by Gasteiger charge is 2.22. The van der Waals surface area contributed by atoms with Gasteiger partial charge in [-0.2, -0.15) is 0 Å². The van der Waals surface area contributed by atoms with Gasteiger partial charge >= 0.3 is 6.03 Å². The number of amides is 2. The molecule has 0 aliphatic carbocycles. The van der Waals surface area contributed by atoms with Crippen LogP contribution in [0.5, 0.6) is 5.75 Å². The Balaban J connectivity index is 1.31. The number of aromatic amines is 1. The lowest BCUT2D eigenvalue weighted by molar-refractivity contribution is 0.206. The molecule has 5 nitrogen and oxygen atoms in total. The minimum atomic E-state index is -0.0652. The van der Waals surface area contributed by atoms with E-state index < -0.39 is 0 Å². The van der Waals surface area contributed by atoms with E-state index in [-0.39, 0.29) is 6.03 Å². The number of nitrogens with one attached hydrogen (secondary N) is 2. The van der Waals surface area contributed by atoms with Crippen molar-refractivity contribution in [2.75, 3.05) is 19.0 Å². The predicted molar refractivity (Wildman–Crippen MR) is 120 cm³/mol. The van der Waals surface area contributed by atoms with Crippen LogP contribution in [0, 0.1) is 0 Å². The molecule has 2 heterocycles. The van der Waals surface area contributed by atoms with Gasteiger partial charge in [0.25, 0.3) is 0 Å². The van der Waals surface area contributed by atoms with E-state index in [9.17, 15) is 4.79 Å². The van der Waals surface area contributed by atoms with Crippen LogP contribution in [-0.4, -0.2) is 29.6 Å². The molecule has 0 radical (unpaired) electrons. The van der Waals surface area contributed by atoms with Gasteiger partial charge in [-0.05, 0) is 46.9 Å². The average molecular weight is 397 g/mol. The number of carbonyl (C=O) groups excluding carboxylic acids is 1. The van der Waals surface area contributed by atoms with Gasteiger partial charge in [0.15, 0.2) is 0 Å². The lowest BCUT2D eigenvalue weighted by Gasteiger charge is -2.29. The first kappa shape index (κ1) is 18.3. The maximum absolute atomic E-state index is 12.9. The van der Waals surface area contributed by atoms with Gasteiger partial charge in [-0.3, -0.25) is 0 Å². The number of H-pyrrole nitrogens is 1. The number of fused-ring (bicyclic) bond motifs is 2. The molecule has 3 aromatic carbocycles. The predicted octanol–water partition coefficient (Wildman–Crippen LogP) is 5.43. The van der Waals surface area contributed by atoms with Crippen molar-refractivity contribution < 1.29 is 9.53 Å². The van der Waals surface area contributed by atoms with Crippen molar-refractivity contribution in [2.45, 2.75) is 13.0 Å². The van der Waals surface area contributed by atoms with Crippen molar-refractivity contribution in [1.29, 1.82) is 0 Å². The van der Waals surface area contributed by atoms with Crippen LogP contribution in [-0.2, 0) is 13.0 Å². The monoisotopic (exact) mass is 397 g/mol. The van der Waals surface area contributed by atoms with Gasteiger partial charge in [-0.15, -0.1) is 0 Å². The van der Waals surface area contributed by atoms with Crippen molar-refractivity contribution >= 4 is 22.6 Å². The van der Waals surface area contributed by atoms with Crippen LogP contribution in [0.15, 0.2) is 72.9 Å². The fourth-order valence-electron chi connectivity index (χ4n) is 4.06. The van der Waals surface area contributed by atoms with E-state index in [1.165, 1.54) is 16.7 Å². The van der Waals surface area contributed by atoms with Gasteiger partial charge in [-0.25, -0.2) is 4.79 Å². The Morgan fingerprint density at radius 3 is 2.63 bits per heavy atom. The molecule has 0 fully saturated rings. The Kier molecular flexibility index (Phi) is 4.64. The Hall–Kier alpha value is -3.73. The second-order valence-corrected chi connectivity index (χ2v) is 7.56. The maximum atomic E-state index is 12.9. The zero-order chi connectivity index (χ0) is 20.5. The van der Waals surface area contributed by atoms with Gasteiger partial charge in [0.1, 0.15) is 5.75 Å². The van der Waals surface area contributed by atoms with Crippen LogP contribution in [0.2, 0.25) is 0 Å². The average Bonchev–Trinajstić information content (AvgIpc) is 3.21. The summed E-state index contributed by atoms with van der Waals surface area (Å²) in [5, 5.41) is 4.08. The number of rotatable bonds is 3. The number of hydrogen-bond donors (Lipinski definition) is 2. The van der Waals surface area contributed by atoms with Crippen LogP contribution in [0.25, 0.3) is 22.0 Å². The lowest BCUT2D eigenvalue weighted by Crippen LogP contribution is -2.38. The molecular weight excluding hydrogens is 374 g/mol. The number of para-hydroxylation sites is 1. The highest BCUT2D eigenvalue weighted by molar-refractivity contribution is 6.01. The molecule has 2 amide bonds. The number of anilines is 1. The Morgan fingerprint density at radius 1 is 1.00 bits per heavy atom. The minimum absolute atomic E-state index is 0.0652. The molecule has 5 heteroatoms. The summed E-state index contributed by atoms with van der Waals surface area (Å²) in [6, 6.07) is 22.5. The smallest absolute Gasteiger partial charge is 0.322 e. The molecular formula is C25H23N3O2. The van der Waals surface area contributed by atoms with Crippen LogP contribution in [0.3, 0.4) is 0 Å². The number of ether oxygens (including phenoxy) is 1. The van der Waals surface area contributed by atoms with E-state index >= 15 is 0 Å². The van der Waals surface area contributed by atoms with E-state index in [4.69, 9.17) is 4.74 Å². The molecule has 1 aliphatic rings. The van der Waals surface area contributed by atoms with Crippen molar-refractivity contribution in [3.63, 3.8) is 0 Å². The highest BCUT2D eigenvalue weighted by atomic mass is 16.5. The van der Waals surface area contributed by atoms with E-state index in [2.05, 4.69) is 40.6 Å². The largest absolute Gasteiger partial charge is 0.497 e. The number of urea groups is 1.